The molecular formula is C20H22N4O2S. The maximum Gasteiger partial charge on any atom is 0.258 e. The van der Waals surface area contributed by atoms with Crippen LogP contribution in [-0.4, -0.2) is 53.8 Å². The number of para-hydroxylation sites is 2. The number of methoxy groups -OCH3 is 1. The Kier molecular flexibility index (Phi) is 4.85. The quantitative estimate of drug-likeness (QED) is 0.750. The van der Waals surface area contributed by atoms with Crippen molar-refractivity contribution < 1.29 is 9.53 Å². The predicted molar refractivity (Wildman–Crippen MR) is 108 cm³/mol. The number of hydrogen-bond acceptors (Lipinski definition) is 5. The van der Waals surface area contributed by atoms with Gasteiger partial charge in [-0.2, -0.15) is 5.10 Å². The molecule has 1 unspecified atom stereocenters. The Morgan fingerprint density at radius 1 is 1.26 bits per heavy atom. The number of benzene rings is 1. The van der Waals surface area contributed by atoms with Crippen LogP contribution in [0.15, 0.2) is 48.0 Å². The van der Waals surface area contributed by atoms with E-state index in [0.717, 1.165) is 35.1 Å². The van der Waals surface area contributed by atoms with E-state index in [-0.39, 0.29) is 11.9 Å². The fraction of sp³-hybridized carbons (Fsp3) is 0.300. The molecule has 1 saturated heterocycles. The van der Waals surface area contributed by atoms with E-state index >= 15 is 0 Å². The second-order valence-corrected chi connectivity index (χ2v) is 7.55. The molecule has 3 aromatic rings. The maximum atomic E-state index is 13.2. The monoisotopic (exact) mass is 382 g/mol. The summed E-state index contributed by atoms with van der Waals surface area (Å²) >= 11 is 1.60. The molecule has 0 spiro atoms. The highest BCUT2D eigenvalue weighted by molar-refractivity contribution is 7.13. The Bertz CT molecular complexity index is 922. The molecule has 1 atom stereocenters. The number of H-pyrrole nitrogens is 1. The third-order valence-electron chi connectivity index (χ3n) is 4.95. The van der Waals surface area contributed by atoms with Crippen LogP contribution in [0.4, 0.5) is 5.69 Å². The van der Waals surface area contributed by atoms with Crippen LogP contribution in [0.25, 0.3) is 10.6 Å². The van der Waals surface area contributed by atoms with Crippen molar-refractivity contribution in [3.05, 3.63) is 53.5 Å². The lowest BCUT2D eigenvalue weighted by atomic mass is 10.1. The standard InChI is InChI=1S/C20H22N4O2S/c1-14-13-23(16-6-3-4-7-17(16)26-2)9-10-24(14)20(25)15-12-21-22-19(15)18-8-5-11-27-18/h3-8,11-12,14H,9-10,13H2,1-2H3,(H,21,22). The number of aromatic amines is 1. The van der Waals surface area contributed by atoms with Crippen molar-refractivity contribution in [3.8, 4) is 16.3 Å². The van der Waals surface area contributed by atoms with E-state index in [1.54, 1.807) is 24.6 Å². The second kappa shape index (κ2) is 7.44. The fourth-order valence-electron chi connectivity index (χ4n) is 3.58. The zero-order valence-electron chi connectivity index (χ0n) is 15.4. The van der Waals surface area contributed by atoms with E-state index in [9.17, 15) is 4.79 Å². The van der Waals surface area contributed by atoms with Crippen LogP contribution in [0.2, 0.25) is 0 Å². The molecule has 0 aliphatic carbocycles. The number of anilines is 1. The summed E-state index contributed by atoms with van der Waals surface area (Å²) in [6, 6.07) is 12.1. The number of nitrogens with one attached hydrogen (secondary N) is 1. The molecule has 0 radical (unpaired) electrons. The van der Waals surface area contributed by atoms with Crippen molar-refractivity contribution in [1.29, 1.82) is 0 Å². The molecule has 3 heterocycles. The largest absolute Gasteiger partial charge is 0.495 e. The van der Waals surface area contributed by atoms with Crippen LogP contribution in [0.5, 0.6) is 5.75 Å². The minimum Gasteiger partial charge on any atom is -0.495 e. The average Bonchev–Trinajstić information content (AvgIpc) is 3.38. The SMILES string of the molecule is COc1ccccc1N1CCN(C(=O)c2cn[nH]c2-c2cccs2)C(C)C1. The van der Waals surface area contributed by atoms with Gasteiger partial charge in [0, 0.05) is 25.7 Å². The van der Waals surface area contributed by atoms with Gasteiger partial charge in [0.1, 0.15) is 5.75 Å². The third kappa shape index (κ3) is 3.30. The number of carbonyl (C=O) groups is 1. The van der Waals surface area contributed by atoms with Crippen LogP contribution in [0.3, 0.4) is 0 Å². The normalized spacial score (nSPS) is 17.2. The topological polar surface area (TPSA) is 61.5 Å². The first-order chi connectivity index (χ1) is 13.2. The van der Waals surface area contributed by atoms with Gasteiger partial charge in [0.15, 0.2) is 0 Å². The van der Waals surface area contributed by atoms with Crippen LogP contribution in [0.1, 0.15) is 17.3 Å². The summed E-state index contributed by atoms with van der Waals surface area (Å²) in [5.74, 6) is 0.888. The number of amides is 1. The number of ether oxygens (including phenoxy) is 1. The number of piperazine rings is 1. The lowest BCUT2D eigenvalue weighted by Gasteiger charge is -2.41. The lowest BCUT2D eigenvalue weighted by Crippen LogP contribution is -2.54. The van der Waals surface area contributed by atoms with Crippen LogP contribution in [-0.2, 0) is 0 Å². The van der Waals surface area contributed by atoms with E-state index < -0.39 is 0 Å². The van der Waals surface area contributed by atoms with E-state index in [1.165, 1.54) is 0 Å². The smallest absolute Gasteiger partial charge is 0.258 e. The van der Waals surface area contributed by atoms with Gasteiger partial charge in [-0.15, -0.1) is 11.3 Å². The lowest BCUT2D eigenvalue weighted by molar-refractivity contribution is 0.0675. The van der Waals surface area contributed by atoms with Crippen LogP contribution in [0, 0.1) is 0 Å². The molecule has 140 valence electrons. The average molecular weight is 382 g/mol. The number of rotatable bonds is 4. The molecule has 7 heteroatoms. The molecule has 0 bridgehead atoms. The van der Waals surface area contributed by atoms with Gasteiger partial charge in [-0.1, -0.05) is 18.2 Å². The van der Waals surface area contributed by atoms with E-state index in [4.69, 9.17) is 4.74 Å². The minimum atomic E-state index is 0.0272. The van der Waals surface area contributed by atoms with Crippen molar-refractivity contribution in [2.75, 3.05) is 31.6 Å². The zero-order valence-corrected chi connectivity index (χ0v) is 16.2. The van der Waals surface area contributed by atoms with Gasteiger partial charge in [-0.3, -0.25) is 9.89 Å². The molecule has 27 heavy (non-hydrogen) atoms. The summed E-state index contributed by atoms with van der Waals surface area (Å²) in [6.07, 6.45) is 1.64. The summed E-state index contributed by atoms with van der Waals surface area (Å²) in [6.45, 7) is 4.28. The Morgan fingerprint density at radius 3 is 2.85 bits per heavy atom. The van der Waals surface area contributed by atoms with Gasteiger partial charge in [-0.25, -0.2) is 0 Å². The van der Waals surface area contributed by atoms with Crippen molar-refractivity contribution in [2.45, 2.75) is 13.0 Å². The molecule has 1 N–H and O–H groups in total. The van der Waals surface area contributed by atoms with Gasteiger partial charge in [0.25, 0.3) is 5.91 Å². The van der Waals surface area contributed by atoms with Crippen molar-refractivity contribution in [2.24, 2.45) is 0 Å². The predicted octanol–water partition coefficient (Wildman–Crippen LogP) is 3.50. The molecule has 1 aliphatic heterocycles. The molecule has 1 amide bonds. The number of thiophene rings is 1. The second-order valence-electron chi connectivity index (χ2n) is 6.60. The number of nitrogens with zero attached hydrogens (tertiary/aromatic N) is 3. The number of hydrogen-bond donors (Lipinski definition) is 1. The molecule has 1 aliphatic rings. The van der Waals surface area contributed by atoms with E-state index in [1.807, 2.05) is 40.6 Å². The Balaban J connectivity index is 1.53. The maximum absolute atomic E-state index is 13.2. The molecule has 6 nitrogen and oxygen atoms in total. The minimum absolute atomic E-state index is 0.0272. The molecule has 4 rings (SSSR count). The summed E-state index contributed by atoms with van der Waals surface area (Å²) in [5.41, 5.74) is 2.51. The van der Waals surface area contributed by atoms with Crippen molar-refractivity contribution in [3.63, 3.8) is 0 Å². The van der Waals surface area contributed by atoms with Crippen LogP contribution < -0.4 is 9.64 Å². The Hall–Kier alpha value is -2.80. The van der Waals surface area contributed by atoms with Crippen molar-refractivity contribution in [1.82, 2.24) is 15.1 Å². The molecular weight excluding hydrogens is 360 g/mol. The highest BCUT2D eigenvalue weighted by Crippen LogP contribution is 2.31. The summed E-state index contributed by atoms with van der Waals surface area (Å²) in [7, 11) is 1.69. The Morgan fingerprint density at radius 2 is 2.11 bits per heavy atom. The fourth-order valence-corrected chi connectivity index (χ4v) is 4.32. The van der Waals surface area contributed by atoms with Crippen molar-refractivity contribution >= 4 is 22.9 Å². The number of carbonyl (C=O) groups excluding carboxylic acids is 1. The summed E-state index contributed by atoms with van der Waals surface area (Å²) in [5, 5.41) is 9.09. The zero-order chi connectivity index (χ0) is 18.8. The third-order valence-corrected chi connectivity index (χ3v) is 5.84. The van der Waals surface area contributed by atoms with Gasteiger partial charge in [0.2, 0.25) is 0 Å². The summed E-state index contributed by atoms with van der Waals surface area (Å²) in [4.78, 5) is 18.4. The van der Waals surface area contributed by atoms with Gasteiger partial charge < -0.3 is 14.5 Å². The molecule has 2 aromatic heterocycles. The van der Waals surface area contributed by atoms with Crippen LogP contribution >= 0.6 is 11.3 Å². The number of aromatic nitrogens is 2. The summed E-state index contributed by atoms with van der Waals surface area (Å²) < 4.78 is 5.49. The Labute approximate surface area is 162 Å². The highest BCUT2D eigenvalue weighted by Gasteiger charge is 2.31. The molecule has 1 fully saturated rings. The first-order valence-electron chi connectivity index (χ1n) is 8.95. The van der Waals surface area contributed by atoms with E-state index in [2.05, 4.69) is 28.1 Å². The van der Waals surface area contributed by atoms with Gasteiger partial charge in [-0.05, 0) is 30.5 Å². The first kappa shape index (κ1) is 17.6. The van der Waals surface area contributed by atoms with E-state index in [0.29, 0.717) is 12.1 Å². The highest BCUT2D eigenvalue weighted by atomic mass is 32.1. The van der Waals surface area contributed by atoms with Gasteiger partial charge >= 0.3 is 0 Å². The van der Waals surface area contributed by atoms with Gasteiger partial charge in [0.05, 0.1) is 35.1 Å². The molecule has 1 aromatic carbocycles. The first-order valence-corrected chi connectivity index (χ1v) is 9.83. The molecule has 0 saturated carbocycles.